The molecule has 1 fully saturated rings. The van der Waals surface area contributed by atoms with Gasteiger partial charge in [0.15, 0.2) is 5.96 Å². The summed E-state index contributed by atoms with van der Waals surface area (Å²) in [5.74, 6) is 0.923. The number of aromatic nitrogens is 2. The normalized spacial score (nSPS) is 16.2. The number of hydrogen-bond acceptors (Lipinski definition) is 4. The summed E-state index contributed by atoms with van der Waals surface area (Å²) in [4.78, 5) is 10.8. The molecule has 1 saturated heterocycles. The number of likely N-dealkylation sites (tertiary alicyclic amines) is 1. The first-order valence-electron chi connectivity index (χ1n) is 12.0. The Labute approximate surface area is 196 Å². The van der Waals surface area contributed by atoms with Crippen LogP contribution in [0.4, 0.5) is 0 Å². The van der Waals surface area contributed by atoms with Gasteiger partial charge in [-0.15, -0.1) is 0 Å². The quantitative estimate of drug-likeness (QED) is 0.214. The van der Waals surface area contributed by atoms with Crippen LogP contribution in [0.2, 0.25) is 0 Å². The highest BCUT2D eigenvalue weighted by molar-refractivity contribution is 5.75. The van der Waals surface area contributed by atoms with E-state index < -0.39 is 0 Å². The summed E-state index contributed by atoms with van der Waals surface area (Å²) >= 11 is 0. The topological polar surface area (TPSA) is 103 Å². The van der Waals surface area contributed by atoms with Crippen molar-refractivity contribution >= 4 is 17.0 Å². The lowest BCUT2D eigenvalue weighted by Crippen LogP contribution is -2.35. The van der Waals surface area contributed by atoms with Gasteiger partial charge >= 0.3 is 0 Å². The molecule has 2 aromatic carbocycles. The fourth-order valence-electron chi connectivity index (χ4n) is 4.48. The molecule has 0 spiro atoms. The number of aromatic amines is 1. The van der Waals surface area contributed by atoms with Gasteiger partial charge in [-0.05, 0) is 62.4 Å². The average Bonchev–Trinajstić information content (AvgIpc) is 3.25. The van der Waals surface area contributed by atoms with Crippen LogP contribution in [-0.4, -0.2) is 53.6 Å². The van der Waals surface area contributed by atoms with Crippen molar-refractivity contribution in [3.8, 4) is 0 Å². The first-order valence-corrected chi connectivity index (χ1v) is 12.0. The van der Waals surface area contributed by atoms with E-state index >= 15 is 0 Å². The lowest BCUT2D eigenvalue weighted by molar-refractivity contribution is -0.0264. The molecule has 0 bridgehead atoms. The van der Waals surface area contributed by atoms with Gasteiger partial charge in [-0.2, -0.15) is 0 Å². The number of rotatable bonds is 10. The van der Waals surface area contributed by atoms with Gasteiger partial charge in [0.25, 0.3) is 0 Å². The second-order valence-corrected chi connectivity index (χ2v) is 9.05. The summed E-state index contributed by atoms with van der Waals surface area (Å²) in [6.45, 7) is 2.89. The first-order chi connectivity index (χ1) is 16.1. The van der Waals surface area contributed by atoms with E-state index in [-0.39, 0.29) is 18.2 Å². The zero-order valence-electron chi connectivity index (χ0n) is 19.5. The number of guanidine groups is 1. The van der Waals surface area contributed by atoms with Crippen LogP contribution >= 0.6 is 0 Å². The van der Waals surface area contributed by atoms with Crippen LogP contribution in [0, 0.1) is 5.41 Å². The van der Waals surface area contributed by atoms with E-state index in [4.69, 9.17) is 20.9 Å². The third-order valence-electron chi connectivity index (χ3n) is 6.36. The van der Waals surface area contributed by atoms with Gasteiger partial charge in [-0.25, -0.2) is 4.98 Å². The Morgan fingerprint density at radius 3 is 2.79 bits per heavy atom. The van der Waals surface area contributed by atoms with E-state index in [1.807, 2.05) is 18.2 Å². The molecule has 176 valence electrons. The molecule has 2 heterocycles. The summed E-state index contributed by atoms with van der Waals surface area (Å²) in [7, 11) is 2.17. The minimum absolute atomic E-state index is 0.0453. The van der Waals surface area contributed by atoms with Gasteiger partial charge in [-0.3, -0.25) is 5.41 Å². The maximum Gasteiger partial charge on any atom is 0.185 e. The molecule has 7 nitrogen and oxygen atoms in total. The molecule has 33 heavy (non-hydrogen) atoms. The van der Waals surface area contributed by atoms with E-state index in [1.54, 1.807) is 0 Å². The highest BCUT2D eigenvalue weighted by Gasteiger charge is 2.26. The predicted molar refractivity (Wildman–Crippen MR) is 133 cm³/mol. The van der Waals surface area contributed by atoms with Crippen LogP contribution in [-0.2, 0) is 11.2 Å². The number of nitrogens with one attached hydrogen (secondary N) is 3. The molecule has 3 aromatic rings. The zero-order chi connectivity index (χ0) is 23.0. The van der Waals surface area contributed by atoms with Crippen LogP contribution in [0.15, 0.2) is 48.5 Å². The fourth-order valence-corrected chi connectivity index (χ4v) is 4.48. The van der Waals surface area contributed by atoms with Crippen LogP contribution in [0.1, 0.15) is 55.2 Å². The average molecular weight is 449 g/mol. The monoisotopic (exact) mass is 448 g/mol. The molecule has 5 N–H and O–H groups in total. The number of ether oxygens (including phenoxy) is 1. The third kappa shape index (κ3) is 6.55. The molecule has 4 rings (SSSR count). The second-order valence-electron chi connectivity index (χ2n) is 9.05. The summed E-state index contributed by atoms with van der Waals surface area (Å²) in [5, 5.41) is 10.1. The van der Waals surface area contributed by atoms with Crippen molar-refractivity contribution < 1.29 is 4.74 Å². The Morgan fingerprint density at radius 2 is 2.00 bits per heavy atom. The second kappa shape index (κ2) is 11.3. The number of nitrogens with two attached hydrogens (primary N) is 1. The molecule has 1 unspecified atom stereocenters. The smallest absolute Gasteiger partial charge is 0.185 e. The van der Waals surface area contributed by atoms with E-state index in [0.29, 0.717) is 0 Å². The van der Waals surface area contributed by atoms with Crippen molar-refractivity contribution in [3.63, 3.8) is 0 Å². The highest BCUT2D eigenvalue weighted by atomic mass is 16.5. The summed E-state index contributed by atoms with van der Waals surface area (Å²) in [5.41, 5.74) is 9.83. The molecular formula is C26H36N6O. The van der Waals surface area contributed by atoms with Crippen LogP contribution < -0.4 is 11.1 Å². The lowest BCUT2D eigenvalue weighted by Gasteiger charge is -2.31. The predicted octanol–water partition coefficient (Wildman–Crippen LogP) is 3.96. The SMILES string of the molecule is CN1CCC(OC(c2cccc(CCCCCNC(=N)N)c2)c2nc3ccccc3[nH]2)CC1. The Hall–Kier alpha value is -2.90. The zero-order valence-corrected chi connectivity index (χ0v) is 19.5. The summed E-state index contributed by atoms with van der Waals surface area (Å²) in [6, 6.07) is 16.9. The molecule has 1 atom stereocenters. The molecule has 1 aliphatic rings. The van der Waals surface area contributed by atoms with Crippen LogP contribution in [0.5, 0.6) is 0 Å². The molecule has 0 amide bonds. The van der Waals surface area contributed by atoms with Gasteiger partial charge in [0.05, 0.1) is 17.1 Å². The van der Waals surface area contributed by atoms with Crippen molar-refractivity contribution in [2.24, 2.45) is 5.73 Å². The number of hydrogen-bond donors (Lipinski definition) is 4. The number of fused-ring (bicyclic) bond motifs is 1. The Balaban J connectivity index is 1.47. The minimum atomic E-state index is -0.203. The van der Waals surface area contributed by atoms with Crippen LogP contribution in [0.25, 0.3) is 11.0 Å². The van der Waals surface area contributed by atoms with Crippen molar-refractivity contribution in [1.82, 2.24) is 20.2 Å². The van der Waals surface area contributed by atoms with E-state index in [2.05, 4.69) is 52.6 Å². The Bertz CT molecular complexity index is 1010. The maximum absolute atomic E-state index is 7.23. The van der Waals surface area contributed by atoms with Gasteiger partial charge in [0.2, 0.25) is 0 Å². The molecule has 1 aromatic heterocycles. The van der Waals surface area contributed by atoms with Crippen molar-refractivity contribution in [1.29, 1.82) is 5.41 Å². The lowest BCUT2D eigenvalue weighted by atomic mass is 10.0. The molecule has 0 aliphatic carbocycles. The number of nitrogens with zero attached hydrogens (tertiary/aromatic N) is 2. The first kappa shape index (κ1) is 23.3. The molecular weight excluding hydrogens is 412 g/mol. The molecule has 1 aliphatic heterocycles. The van der Waals surface area contributed by atoms with E-state index in [0.717, 1.165) is 80.6 Å². The number of imidazole rings is 1. The van der Waals surface area contributed by atoms with Crippen LogP contribution in [0.3, 0.4) is 0 Å². The van der Waals surface area contributed by atoms with Gasteiger partial charge < -0.3 is 25.7 Å². The summed E-state index contributed by atoms with van der Waals surface area (Å²) < 4.78 is 6.72. The largest absolute Gasteiger partial charge is 0.370 e. The number of aryl methyl sites for hydroxylation is 1. The number of unbranched alkanes of at least 4 members (excludes halogenated alkanes) is 2. The maximum atomic E-state index is 7.23. The Kier molecular flexibility index (Phi) is 7.96. The number of piperidine rings is 1. The van der Waals surface area contributed by atoms with Crippen molar-refractivity contribution in [3.05, 3.63) is 65.5 Å². The standard InChI is InChI=1S/C26H36N6O/c1-32-16-13-21(14-17-32)33-24(25-30-22-11-4-5-12-23(22)31-25)20-10-7-9-19(18-20)8-3-2-6-15-29-26(27)28/h4-5,7,9-12,18,21,24H,2-3,6,8,13-17H2,1H3,(H,30,31)(H4,27,28,29). The van der Waals surface area contributed by atoms with E-state index in [9.17, 15) is 0 Å². The van der Waals surface area contributed by atoms with Crippen molar-refractivity contribution in [2.45, 2.75) is 50.7 Å². The molecule has 0 saturated carbocycles. The summed E-state index contributed by atoms with van der Waals surface area (Å²) in [6.07, 6.45) is 6.36. The molecule has 7 heteroatoms. The van der Waals surface area contributed by atoms with E-state index in [1.165, 1.54) is 5.56 Å². The number of benzene rings is 2. The Morgan fingerprint density at radius 1 is 1.18 bits per heavy atom. The number of para-hydroxylation sites is 2. The highest BCUT2D eigenvalue weighted by Crippen LogP contribution is 2.30. The van der Waals surface area contributed by atoms with Gasteiger partial charge in [-0.1, -0.05) is 42.8 Å². The van der Waals surface area contributed by atoms with Gasteiger partial charge in [0.1, 0.15) is 11.9 Å². The fraction of sp³-hybridized carbons (Fsp3) is 0.462. The number of H-pyrrole nitrogens is 1. The third-order valence-corrected chi connectivity index (χ3v) is 6.36. The van der Waals surface area contributed by atoms with Crippen molar-refractivity contribution in [2.75, 3.05) is 26.7 Å². The van der Waals surface area contributed by atoms with Gasteiger partial charge in [0, 0.05) is 19.6 Å². The minimum Gasteiger partial charge on any atom is -0.370 e. The molecule has 0 radical (unpaired) electrons.